The Kier molecular flexibility index (Phi) is 16.0. The molecule has 1 aliphatic carbocycles. The van der Waals surface area contributed by atoms with Crippen LogP contribution in [0.3, 0.4) is 0 Å². The fourth-order valence-electron chi connectivity index (χ4n) is 7.68. The molecule has 1 amide bonds. The maximum Gasteiger partial charge on any atom is 0.407 e. The Morgan fingerprint density at radius 2 is 0.855 bits per heavy atom. The average Bonchev–Trinajstić information content (AvgIpc) is 3.32. The molecule has 7 rings (SSSR count). The van der Waals surface area contributed by atoms with Crippen molar-refractivity contribution in [3.05, 3.63) is 215 Å². The van der Waals surface area contributed by atoms with Crippen LogP contribution in [0.4, 0.5) is 4.79 Å². The fraction of sp³-hybridized carbons (Fsp3) is 0.269. The first kappa shape index (κ1) is 43.9. The van der Waals surface area contributed by atoms with E-state index in [0.29, 0.717) is 0 Å². The summed E-state index contributed by atoms with van der Waals surface area (Å²) in [4.78, 5) is 27.6. The molecule has 0 aliphatic heterocycles. The molecular weight excluding hydrogens is 783 g/mol. The number of amides is 1. The summed E-state index contributed by atoms with van der Waals surface area (Å²) in [6.07, 6.45) is -4.98. The van der Waals surface area contributed by atoms with Crippen molar-refractivity contribution in [3.63, 3.8) is 0 Å². The highest BCUT2D eigenvalue weighted by atomic mass is 16.6. The van der Waals surface area contributed by atoms with Gasteiger partial charge in [0.2, 0.25) is 0 Å². The van der Waals surface area contributed by atoms with E-state index in [2.05, 4.69) is 5.32 Å². The van der Waals surface area contributed by atoms with Gasteiger partial charge in [-0.15, -0.1) is 0 Å². The zero-order chi connectivity index (χ0) is 42.8. The van der Waals surface area contributed by atoms with Crippen LogP contribution in [0.25, 0.3) is 0 Å². The largest absolute Gasteiger partial charge is 0.457 e. The lowest BCUT2D eigenvalue weighted by Crippen LogP contribution is -2.78. The lowest BCUT2D eigenvalue weighted by Gasteiger charge is -2.55. The second-order valence-electron chi connectivity index (χ2n) is 15.2. The normalized spacial score (nSPS) is 20.8. The van der Waals surface area contributed by atoms with Crippen LogP contribution in [0.1, 0.15) is 40.3 Å². The minimum atomic E-state index is -1.63. The van der Waals surface area contributed by atoms with Gasteiger partial charge in [-0.25, -0.2) is 4.79 Å². The van der Waals surface area contributed by atoms with Gasteiger partial charge in [0.25, 0.3) is 0 Å². The van der Waals surface area contributed by atoms with Gasteiger partial charge in [-0.05, 0) is 33.4 Å². The Hall–Kier alpha value is -6.14. The predicted octanol–water partition coefficient (Wildman–Crippen LogP) is 9.16. The van der Waals surface area contributed by atoms with Crippen LogP contribution in [-0.4, -0.2) is 54.7 Å². The smallest absolute Gasteiger partial charge is 0.407 e. The lowest BCUT2D eigenvalue weighted by molar-refractivity contribution is -0.307. The molecule has 6 aromatic carbocycles. The first-order valence-electron chi connectivity index (χ1n) is 20.9. The molecule has 1 saturated carbocycles. The van der Waals surface area contributed by atoms with Crippen LogP contribution >= 0.6 is 0 Å². The number of rotatable bonds is 20. The molecule has 320 valence electrons. The van der Waals surface area contributed by atoms with E-state index in [4.69, 9.17) is 33.2 Å². The maximum absolute atomic E-state index is 14.1. The van der Waals surface area contributed by atoms with Crippen molar-refractivity contribution in [2.45, 2.75) is 82.6 Å². The number of hydrogen-bond acceptors (Lipinski definition) is 9. The number of esters is 1. The van der Waals surface area contributed by atoms with E-state index in [1.165, 1.54) is 6.92 Å². The molecule has 62 heavy (non-hydrogen) atoms. The van der Waals surface area contributed by atoms with Crippen molar-refractivity contribution >= 4 is 12.1 Å². The number of carbonyl (C=O) groups is 2. The molecule has 0 saturated heterocycles. The first-order chi connectivity index (χ1) is 30.5. The molecule has 1 N–H and O–H groups in total. The summed E-state index contributed by atoms with van der Waals surface area (Å²) in [7, 11) is 0. The van der Waals surface area contributed by atoms with Crippen LogP contribution < -0.4 is 5.32 Å². The van der Waals surface area contributed by atoms with Crippen molar-refractivity contribution < 1.29 is 42.7 Å². The van der Waals surface area contributed by atoms with Gasteiger partial charge in [0.15, 0.2) is 11.7 Å². The van der Waals surface area contributed by atoms with Crippen LogP contribution in [0.5, 0.6) is 0 Å². The third-order valence-electron chi connectivity index (χ3n) is 10.7. The highest BCUT2D eigenvalue weighted by Gasteiger charge is 2.65. The number of nitrogens with one attached hydrogen (secondary N) is 1. The molecule has 1 aliphatic rings. The van der Waals surface area contributed by atoms with Crippen molar-refractivity contribution in [2.24, 2.45) is 0 Å². The van der Waals surface area contributed by atoms with Crippen molar-refractivity contribution in [1.29, 1.82) is 0 Å². The Morgan fingerprint density at radius 1 is 0.468 bits per heavy atom. The fourth-order valence-corrected chi connectivity index (χ4v) is 7.68. The van der Waals surface area contributed by atoms with Crippen molar-refractivity contribution in [2.75, 3.05) is 6.61 Å². The molecule has 1 fully saturated rings. The van der Waals surface area contributed by atoms with Gasteiger partial charge < -0.3 is 38.5 Å². The standard InChI is InChI=1S/C52H53NO9/c1-39(54)62-49-46(53-51(55)60-36-44-28-16-6-17-29-44)47(57-33-41-22-10-3-11-23-41)48(58-34-42-24-12-4-13-25-42)50(59-35-43-26-14-5-15-27-43)52(49,61-37-45-30-18-7-19-31-45)38-56-32-40-20-8-2-9-21-40/h2-31,46-50H,32-38H2,1H3,(H,53,55)/t46-,47+,48-,49+,50+,52-/m1/s1. The van der Waals surface area contributed by atoms with Crippen LogP contribution in [0.15, 0.2) is 182 Å². The summed E-state index contributed by atoms with van der Waals surface area (Å²) in [5.74, 6) is -0.609. The molecule has 0 heterocycles. The quantitative estimate of drug-likeness (QED) is 0.0753. The third kappa shape index (κ3) is 12.2. The van der Waals surface area contributed by atoms with Gasteiger partial charge in [0.1, 0.15) is 31.0 Å². The summed E-state index contributed by atoms with van der Waals surface area (Å²) >= 11 is 0. The molecule has 6 atom stereocenters. The van der Waals surface area contributed by atoms with Crippen molar-refractivity contribution in [3.8, 4) is 0 Å². The summed E-state index contributed by atoms with van der Waals surface area (Å²) in [6, 6.07) is 57.0. The van der Waals surface area contributed by atoms with Gasteiger partial charge in [-0.2, -0.15) is 0 Å². The first-order valence-corrected chi connectivity index (χ1v) is 20.9. The van der Waals surface area contributed by atoms with Gasteiger partial charge in [-0.3, -0.25) is 4.79 Å². The lowest BCUT2D eigenvalue weighted by atomic mass is 9.72. The molecule has 6 aromatic rings. The van der Waals surface area contributed by atoms with E-state index in [-0.39, 0.29) is 46.2 Å². The van der Waals surface area contributed by atoms with E-state index in [9.17, 15) is 9.59 Å². The highest BCUT2D eigenvalue weighted by Crippen LogP contribution is 2.42. The van der Waals surface area contributed by atoms with E-state index in [1.54, 1.807) is 0 Å². The number of benzene rings is 6. The minimum absolute atomic E-state index is 0.000249. The van der Waals surface area contributed by atoms with E-state index >= 15 is 0 Å². The highest BCUT2D eigenvalue weighted by molar-refractivity contribution is 5.69. The Balaban J connectivity index is 1.37. The summed E-state index contributed by atoms with van der Waals surface area (Å²) in [5, 5.41) is 3.08. The zero-order valence-corrected chi connectivity index (χ0v) is 34.8. The second-order valence-corrected chi connectivity index (χ2v) is 15.2. The van der Waals surface area contributed by atoms with Crippen LogP contribution in [-0.2, 0) is 77.6 Å². The number of hydrogen-bond donors (Lipinski definition) is 1. The summed E-state index contributed by atoms with van der Waals surface area (Å²) in [5.41, 5.74) is 3.63. The third-order valence-corrected chi connectivity index (χ3v) is 10.7. The molecule has 10 nitrogen and oxygen atoms in total. The Labute approximate surface area is 363 Å². The molecule has 0 aromatic heterocycles. The average molecular weight is 836 g/mol. The van der Waals surface area contributed by atoms with Gasteiger partial charge >= 0.3 is 12.1 Å². The topological polar surface area (TPSA) is 111 Å². The molecule has 0 unspecified atom stereocenters. The number of ether oxygens (including phenoxy) is 7. The number of alkyl carbamates (subject to hydrolysis) is 1. The molecule has 0 bridgehead atoms. The molecule has 0 spiro atoms. The minimum Gasteiger partial charge on any atom is -0.457 e. The summed E-state index contributed by atoms with van der Waals surface area (Å²) in [6.45, 7) is 1.90. The molecule has 10 heteroatoms. The molecular formula is C52H53NO9. The molecule has 0 radical (unpaired) electrons. The SMILES string of the molecule is CC(=O)O[C@H]1[C@H](NC(=O)OCc2ccccc2)[C@H](OCc2ccccc2)[C@@H](OCc2ccccc2)[C@H](OCc2ccccc2)[C@]1(COCc1ccccc1)OCc1ccccc1. The van der Waals surface area contributed by atoms with E-state index in [1.807, 2.05) is 182 Å². The van der Waals surface area contributed by atoms with Crippen molar-refractivity contribution in [1.82, 2.24) is 5.32 Å². The maximum atomic E-state index is 14.1. The summed E-state index contributed by atoms with van der Waals surface area (Å²) < 4.78 is 47.1. The van der Waals surface area contributed by atoms with Crippen LogP contribution in [0, 0.1) is 0 Å². The van der Waals surface area contributed by atoms with E-state index < -0.39 is 48.1 Å². The predicted molar refractivity (Wildman–Crippen MR) is 234 cm³/mol. The van der Waals surface area contributed by atoms with Gasteiger partial charge in [0, 0.05) is 6.92 Å². The Bertz CT molecular complexity index is 2220. The second kappa shape index (κ2) is 22.6. The number of carbonyl (C=O) groups excluding carboxylic acids is 2. The monoisotopic (exact) mass is 835 g/mol. The Morgan fingerprint density at radius 3 is 1.31 bits per heavy atom. The van der Waals surface area contributed by atoms with E-state index in [0.717, 1.165) is 33.4 Å². The zero-order valence-electron chi connectivity index (χ0n) is 34.8. The van der Waals surface area contributed by atoms with Gasteiger partial charge in [-0.1, -0.05) is 182 Å². The van der Waals surface area contributed by atoms with Crippen LogP contribution in [0.2, 0.25) is 0 Å². The van der Waals surface area contributed by atoms with Gasteiger partial charge in [0.05, 0.1) is 39.6 Å².